The number of amides is 1. The van der Waals surface area contributed by atoms with Crippen molar-refractivity contribution in [3.05, 3.63) is 75.9 Å². The van der Waals surface area contributed by atoms with E-state index in [1.165, 1.54) is 31.3 Å². The number of nitrogens with zero attached hydrogens (tertiary/aromatic N) is 3. The summed E-state index contributed by atoms with van der Waals surface area (Å²) in [5.74, 6) is 0.00768. The van der Waals surface area contributed by atoms with Crippen LogP contribution in [0.15, 0.2) is 70.2 Å². The zero-order chi connectivity index (χ0) is 21.0. The lowest BCUT2D eigenvalue weighted by atomic mass is 10.2. The second kappa shape index (κ2) is 9.08. The Balaban J connectivity index is 1.67. The minimum absolute atomic E-state index is 0.0666. The average Bonchev–Trinajstić information content (AvgIpc) is 3.08. The largest absolute Gasteiger partial charge is 0.310 e. The average molecular weight is 498 g/mol. The molecule has 0 unspecified atom stereocenters. The Bertz CT molecular complexity index is 1120. The van der Waals surface area contributed by atoms with Gasteiger partial charge in [-0.3, -0.25) is 4.79 Å². The second-order valence-corrected chi connectivity index (χ2v) is 9.66. The highest BCUT2D eigenvalue weighted by molar-refractivity contribution is 9.10. The molecule has 0 bridgehead atoms. The van der Waals surface area contributed by atoms with E-state index in [4.69, 9.17) is 11.6 Å². The van der Waals surface area contributed by atoms with Crippen LogP contribution in [-0.4, -0.2) is 42.0 Å². The van der Waals surface area contributed by atoms with E-state index in [1.54, 1.807) is 16.9 Å². The summed E-state index contributed by atoms with van der Waals surface area (Å²) >= 11 is 9.23. The van der Waals surface area contributed by atoms with Crippen LogP contribution in [0.4, 0.5) is 5.82 Å². The maximum absolute atomic E-state index is 12.6. The summed E-state index contributed by atoms with van der Waals surface area (Å²) in [5, 5.41) is 7.37. The number of hydrogen-bond acceptors (Lipinski definition) is 4. The molecule has 152 valence electrons. The quantitative estimate of drug-likeness (QED) is 0.540. The summed E-state index contributed by atoms with van der Waals surface area (Å²) < 4.78 is 28.8. The van der Waals surface area contributed by atoms with Crippen molar-refractivity contribution >= 4 is 49.3 Å². The molecule has 0 aliphatic heterocycles. The predicted octanol–water partition coefficient (Wildman–Crippen LogP) is 3.61. The Morgan fingerprint density at radius 3 is 2.62 bits per heavy atom. The first-order chi connectivity index (χ1) is 13.8. The fraction of sp³-hybridized carbons (Fsp3) is 0.158. The molecule has 0 radical (unpaired) electrons. The second-order valence-electron chi connectivity index (χ2n) is 6.27. The fourth-order valence-corrected chi connectivity index (χ4v) is 4.33. The molecule has 1 amide bonds. The van der Waals surface area contributed by atoms with Crippen molar-refractivity contribution in [2.24, 2.45) is 0 Å². The number of aromatic nitrogens is 2. The number of sulfonamides is 1. The molecular weight excluding hydrogens is 480 g/mol. The van der Waals surface area contributed by atoms with Gasteiger partial charge in [-0.2, -0.15) is 9.40 Å². The van der Waals surface area contributed by atoms with Crippen LogP contribution in [-0.2, 0) is 21.4 Å². The van der Waals surface area contributed by atoms with Crippen molar-refractivity contribution in [2.75, 3.05) is 18.9 Å². The lowest BCUT2D eigenvalue weighted by Gasteiger charge is -2.17. The van der Waals surface area contributed by atoms with E-state index >= 15 is 0 Å². The van der Waals surface area contributed by atoms with E-state index in [0.717, 1.165) is 14.3 Å². The van der Waals surface area contributed by atoms with Gasteiger partial charge in [0.2, 0.25) is 15.9 Å². The maximum Gasteiger partial charge on any atom is 0.243 e. The molecule has 3 aromatic rings. The smallest absolute Gasteiger partial charge is 0.243 e. The van der Waals surface area contributed by atoms with Crippen molar-refractivity contribution in [3.63, 3.8) is 0 Å². The van der Waals surface area contributed by atoms with Gasteiger partial charge in [0.25, 0.3) is 0 Å². The molecule has 0 spiro atoms. The molecule has 0 fully saturated rings. The Morgan fingerprint density at radius 1 is 1.21 bits per heavy atom. The fourth-order valence-electron chi connectivity index (χ4n) is 2.63. The molecule has 1 heterocycles. The van der Waals surface area contributed by atoms with Crippen LogP contribution in [0.2, 0.25) is 5.02 Å². The zero-order valence-corrected chi connectivity index (χ0v) is 18.6. The number of rotatable bonds is 7. The number of nitrogens with one attached hydrogen (secondary N) is 1. The third kappa shape index (κ3) is 5.45. The minimum Gasteiger partial charge on any atom is -0.310 e. The molecule has 0 aliphatic rings. The summed E-state index contributed by atoms with van der Waals surface area (Å²) in [6.45, 7) is 0.119. The molecule has 2 aromatic carbocycles. The molecule has 1 aromatic heterocycles. The van der Waals surface area contributed by atoms with Gasteiger partial charge >= 0.3 is 0 Å². The molecule has 0 atom stereocenters. The number of halogens is 2. The number of likely N-dealkylation sites (N-methyl/N-ethyl adjacent to an activating group) is 1. The monoisotopic (exact) mass is 496 g/mol. The topological polar surface area (TPSA) is 84.3 Å². The maximum atomic E-state index is 12.6. The first-order valence-electron chi connectivity index (χ1n) is 8.54. The van der Waals surface area contributed by atoms with E-state index in [-0.39, 0.29) is 11.4 Å². The van der Waals surface area contributed by atoms with Crippen LogP contribution in [0, 0.1) is 0 Å². The SMILES string of the molecule is CN(CC(=O)Nc1ccnn1Cc1cccc(Br)c1)S(=O)(=O)c1ccc(Cl)cc1. The summed E-state index contributed by atoms with van der Waals surface area (Å²) in [5.41, 5.74) is 1.00. The van der Waals surface area contributed by atoms with Crippen LogP contribution in [0.5, 0.6) is 0 Å². The number of anilines is 1. The third-order valence-corrected chi connectivity index (χ3v) is 6.66. The highest BCUT2D eigenvalue weighted by Crippen LogP contribution is 2.18. The predicted molar refractivity (Wildman–Crippen MR) is 115 cm³/mol. The molecule has 3 rings (SSSR count). The zero-order valence-electron chi connectivity index (χ0n) is 15.4. The van der Waals surface area contributed by atoms with Gasteiger partial charge in [0, 0.05) is 22.6 Å². The van der Waals surface area contributed by atoms with E-state index in [0.29, 0.717) is 17.4 Å². The van der Waals surface area contributed by atoms with E-state index in [1.807, 2.05) is 24.3 Å². The molecule has 0 aliphatic carbocycles. The van der Waals surface area contributed by atoms with Crippen LogP contribution < -0.4 is 5.32 Å². The summed E-state index contributed by atoms with van der Waals surface area (Å²) in [6, 6.07) is 15.2. The van der Waals surface area contributed by atoms with Gasteiger partial charge < -0.3 is 5.32 Å². The van der Waals surface area contributed by atoms with Crippen molar-refractivity contribution in [1.29, 1.82) is 0 Å². The molecule has 0 saturated carbocycles. The van der Waals surface area contributed by atoms with Crippen molar-refractivity contribution < 1.29 is 13.2 Å². The first-order valence-corrected chi connectivity index (χ1v) is 11.1. The Hall–Kier alpha value is -2.20. The third-order valence-electron chi connectivity index (χ3n) is 4.09. The minimum atomic E-state index is -3.81. The van der Waals surface area contributed by atoms with Crippen molar-refractivity contribution in [2.45, 2.75) is 11.4 Å². The highest BCUT2D eigenvalue weighted by atomic mass is 79.9. The van der Waals surface area contributed by atoms with Crippen LogP contribution in [0.25, 0.3) is 0 Å². The molecule has 29 heavy (non-hydrogen) atoms. The van der Waals surface area contributed by atoms with Crippen LogP contribution in [0.1, 0.15) is 5.56 Å². The van der Waals surface area contributed by atoms with E-state index < -0.39 is 15.9 Å². The number of carbonyl (C=O) groups is 1. The van der Waals surface area contributed by atoms with Crippen molar-refractivity contribution in [1.82, 2.24) is 14.1 Å². The van der Waals surface area contributed by atoms with Gasteiger partial charge in [0.1, 0.15) is 5.82 Å². The lowest BCUT2D eigenvalue weighted by molar-refractivity contribution is -0.116. The van der Waals surface area contributed by atoms with Crippen LogP contribution >= 0.6 is 27.5 Å². The number of hydrogen-bond donors (Lipinski definition) is 1. The molecule has 0 saturated heterocycles. The lowest BCUT2D eigenvalue weighted by Crippen LogP contribution is -2.35. The highest BCUT2D eigenvalue weighted by Gasteiger charge is 2.23. The molecule has 10 heteroatoms. The number of carbonyl (C=O) groups excluding carboxylic acids is 1. The number of benzene rings is 2. The summed E-state index contributed by atoms with van der Waals surface area (Å²) in [4.78, 5) is 12.5. The summed E-state index contributed by atoms with van der Waals surface area (Å²) in [6.07, 6.45) is 1.57. The Morgan fingerprint density at radius 2 is 1.93 bits per heavy atom. The normalized spacial score (nSPS) is 11.6. The van der Waals surface area contributed by atoms with Gasteiger partial charge in [-0.15, -0.1) is 0 Å². The first kappa shape index (κ1) is 21.5. The van der Waals surface area contributed by atoms with Gasteiger partial charge in [-0.1, -0.05) is 39.7 Å². The van der Waals surface area contributed by atoms with E-state index in [2.05, 4.69) is 26.3 Å². The molecule has 7 nitrogen and oxygen atoms in total. The van der Waals surface area contributed by atoms with Gasteiger partial charge in [0.05, 0.1) is 24.2 Å². The Labute approximate surface area is 182 Å². The van der Waals surface area contributed by atoms with E-state index in [9.17, 15) is 13.2 Å². The van der Waals surface area contributed by atoms with Gasteiger partial charge in [0.15, 0.2) is 0 Å². The van der Waals surface area contributed by atoms with Gasteiger partial charge in [-0.25, -0.2) is 13.1 Å². The van der Waals surface area contributed by atoms with Crippen molar-refractivity contribution in [3.8, 4) is 0 Å². The molecular formula is C19H18BrClN4O3S. The summed E-state index contributed by atoms with van der Waals surface area (Å²) in [7, 11) is -2.46. The Kier molecular flexibility index (Phi) is 6.74. The standard InChI is InChI=1S/C19H18BrClN4O3S/c1-24(29(27,28)17-7-5-16(21)6-8-17)13-19(26)23-18-9-10-22-25(18)12-14-3-2-4-15(20)11-14/h2-11H,12-13H2,1H3,(H,23,26). The van der Waals surface area contributed by atoms with Gasteiger partial charge in [-0.05, 0) is 42.0 Å². The molecule has 1 N–H and O–H groups in total. The van der Waals surface area contributed by atoms with Crippen LogP contribution in [0.3, 0.4) is 0 Å².